The summed E-state index contributed by atoms with van der Waals surface area (Å²) in [6, 6.07) is 11.3. The van der Waals surface area contributed by atoms with Crippen molar-refractivity contribution >= 4 is 52.2 Å². The molecule has 0 spiro atoms. The van der Waals surface area contributed by atoms with Crippen LogP contribution in [0, 0.1) is 19.8 Å². The van der Waals surface area contributed by atoms with E-state index in [1.807, 2.05) is 26.0 Å². The second-order valence-corrected chi connectivity index (χ2v) is 10.2. The van der Waals surface area contributed by atoms with E-state index in [1.165, 1.54) is 4.90 Å². The normalized spacial score (nSPS) is 11.8. The van der Waals surface area contributed by atoms with Crippen molar-refractivity contribution < 1.29 is 14.4 Å². The van der Waals surface area contributed by atoms with Gasteiger partial charge in [-0.3, -0.25) is 19.3 Å². The zero-order valence-corrected chi connectivity index (χ0v) is 22.2. The molecule has 3 rings (SSSR count). The van der Waals surface area contributed by atoms with Crippen LogP contribution in [0.1, 0.15) is 63.2 Å². The van der Waals surface area contributed by atoms with E-state index < -0.39 is 17.9 Å². The summed E-state index contributed by atoms with van der Waals surface area (Å²) in [7, 11) is 0. The Morgan fingerprint density at radius 2 is 1.78 bits per heavy atom. The van der Waals surface area contributed by atoms with Crippen molar-refractivity contribution in [1.29, 1.82) is 0 Å². The lowest BCUT2D eigenvalue weighted by atomic mass is 10.0. The third kappa shape index (κ3) is 6.03. The SMILES string of the molecule is Cc1ccc(N(C(=O)c2snc(C(N)=O)c2N)C(C(=O)NCCC(C)C)c2ccc(Cl)cc2)c(C)c1. The molecular weight excluding hydrogens is 498 g/mol. The van der Waals surface area contributed by atoms with Gasteiger partial charge in [0.1, 0.15) is 10.9 Å². The highest BCUT2D eigenvalue weighted by Gasteiger charge is 2.36. The predicted molar refractivity (Wildman–Crippen MR) is 144 cm³/mol. The molecule has 0 aliphatic heterocycles. The maximum Gasteiger partial charge on any atom is 0.273 e. The average molecular weight is 528 g/mol. The van der Waals surface area contributed by atoms with Gasteiger partial charge in [0, 0.05) is 17.3 Å². The molecule has 3 aromatic rings. The molecule has 0 aliphatic rings. The van der Waals surface area contributed by atoms with E-state index in [0.29, 0.717) is 28.7 Å². The lowest BCUT2D eigenvalue weighted by Gasteiger charge is -2.32. The number of rotatable bonds is 9. The van der Waals surface area contributed by atoms with Crippen LogP contribution in [0.5, 0.6) is 0 Å². The van der Waals surface area contributed by atoms with E-state index in [-0.39, 0.29) is 22.2 Å². The summed E-state index contributed by atoms with van der Waals surface area (Å²) in [5.74, 6) is -1.37. The number of hydrogen-bond donors (Lipinski definition) is 3. The van der Waals surface area contributed by atoms with Gasteiger partial charge >= 0.3 is 0 Å². The fourth-order valence-corrected chi connectivity index (χ4v) is 4.69. The van der Waals surface area contributed by atoms with Crippen molar-refractivity contribution in [1.82, 2.24) is 9.69 Å². The molecule has 8 nitrogen and oxygen atoms in total. The molecule has 10 heteroatoms. The molecule has 190 valence electrons. The van der Waals surface area contributed by atoms with Crippen molar-refractivity contribution in [3.63, 3.8) is 0 Å². The summed E-state index contributed by atoms with van der Waals surface area (Å²) in [4.78, 5) is 40.9. The highest BCUT2D eigenvalue weighted by atomic mass is 35.5. The van der Waals surface area contributed by atoms with Crippen LogP contribution in [0.25, 0.3) is 0 Å². The molecule has 0 bridgehead atoms. The van der Waals surface area contributed by atoms with Crippen LogP contribution in [0.4, 0.5) is 11.4 Å². The molecule has 1 unspecified atom stereocenters. The van der Waals surface area contributed by atoms with E-state index in [0.717, 1.165) is 29.1 Å². The minimum atomic E-state index is -1.04. The second kappa shape index (κ2) is 11.5. The van der Waals surface area contributed by atoms with Crippen LogP contribution < -0.4 is 21.7 Å². The maximum absolute atomic E-state index is 14.1. The molecule has 5 N–H and O–H groups in total. The van der Waals surface area contributed by atoms with Gasteiger partial charge < -0.3 is 16.8 Å². The Labute approximate surface area is 219 Å². The van der Waals surface area contributed by atoms with Crippen LogP contribution in [0.15, 0.2) is 42.5 Å². The number of aromatic nitrogens is 1. The Bertz CT molecular complexity index is 1270. The second-order valence-electron chi connectivity index (χ2n) is 9.03. The number of hydrogen-bond acceptors (Lipinski definition) is 6. The molecule has 3 amide bonds. The Kier molecular flexibility index (Phi) is 8.70. The summed E-state index contributed by atoms with van der Waals surface area (Å²) in [5, 5.41) is 3.47. The number of nitrogens with one attached hydrogen (secondary N) is 1. The van der Waals surface area contributed by atoms with Gasteiger partial charge in [-0.25, -0.2) is 0 Å². The van der Waals surface area contributed by atoms with Crippen LogP contribution >= 0.6 is 23.1 Å². The van der Waals surface area contributed by atoms with Crippen molar-refractivity contribution in [2.75, 3.05) is 17.2 Å². The number of nitrogens with zero attached hydrogens (tertiary/aromatic N) is 2. The summed E-state index contributed by atoms with van der Waals surface area (Å²) < 4.78 is 3.98. The van der Waals surface area contributed by atoms with Crippen LogP contribution in [-0.4, -0.2) is 28.6 Å². The van der Waals surface area contributed by atoms with Gasteiger partial charge in [0.25, 0.3) is 11.8 Å². The third-order valence-electron chi connectivity index (χ3n) is 5.70. The summed E-state index contributed by atoms with van der Waals surface area (Å²) >= 11 is 6.89. The Morgan fingerprint density at radius 3 is 2.33 bits per heavy atom. The number of amides is 3. The summed E-state index contributed by atoms with van der Waals surface area (Å²) in [6.45, 7) is 8.39. The monoisotopic (exact) mass is 527 g/mol. The Balaban J connectivity index is 2.19. The van der Waals surface area contributed by atoms with E-state index in [9.17, 15) is 14.4 Å². The van der Waals surface area contributed by atoms with Gasteiger partial charge in [-0.15, -0.1) is 0 Å². The van der Waals surface area contributed by atoms with Gasteiger partial charge in [0.2, 0.25) is 5.91 Å². The van der Waals surface area contributed by atoms with Crippen LogP contribution in [-0.2, 0) is 4.79 Å². The maximum atomic E-state index is 14.1. The van der Waals surface area contributed by atoms with E-state index in [1.54, 1.807) is 30.3 Å². The lowest BCUT2D eigenvalue weighted by Crippen LogP contribution is -2.44. The van der Waals surface area contributed by atoms with E-state index in [4.69, 9.17) is 23.1 Å². The number of nitrogen functional groups attached to an aromatic ring is 1. The van der Waals surface area contributed by atoms with Gasteiger partial charge in [-0.2, -0.15) is 4.37 Å². The largest absolute Gasteiger partial charge is 0.395 e. The topological polar surface area (TPSA) is 131 Å². The van der Waals surface area contributed by atoms with Crippen molar-refractivity contribution in [3.05, 3.63) is 74.7 Å². The zero-order valence-electron chi connectivity index (χ0n) is 20.7. The van der Waals surface area contributed by atoms with Gasteiger partial charge in [-0.1, -0.05) is 55.3 Å². The van der Waals surface area contributed by atoms with Crippen molar-refractivity contribution in [2.45, 2.75) is 40.2 Å². The molecule has 1 aromatic heterocycles. The Hall–Kier alpha value is -3.43. The number of benzene rings is 2. The summed E-state index contributed by atoms with van der Waals surface area (Å²) in [6.07, 6.45) is 0.778. The first kappa shape index (κ1) is 27.2. The molecular formula is C26H30ClN5O3S. The highest BCUT2D eigenvalue weighted by Crippen LogP contribution is 2.35. The predicted octanol–water partition coefficient (Wildman–Crippen LogP) is 4.64. The minimum absolute atomic E-state index is 0.0257. The fraction of sp³-hybridized carbons (Fsp3) is 0.308. The van der Waals surface area contributed by atoms with Gasteiger partial charge in [-0.05, 0) is 67.0 Å². The van der Waals surface area contributed by atoms with E-state index >= 15 is 0 Å². The molecule has 36 heavy (non-hydrogen) atoms. The smallest absolute Gasteiger partial charge is 0.273 e. The van der Waals surface area contributed by atoms with Crippen molar-refractivity contribution in [2.24, 2.45) is 11.7 Å². The molecule has 0 saturated heterocycles. The molecule has 2 aromatic carbocycles. The number of aryl methyl sites for hydroxylation is 2. The standard InChI is InChI=1S/C26H30ClN5O3S/c1-14(2)11-12-30-25(34)22(17-6-8-18(27)9-7-17)32(19-10-5-15(3)13-16(19)4)26(35)23-20(28)21(24(29)33)31-36-23/h5-10,13-14,22H,11-12,28H2,1-4H3,(H2,29,33)(H,30,34). The van der Waals surface area contributed by atoms with Crippen LogP contribution in [0.3, 0.4) is 0 Å². The first-order valence-electron chi connectivity index (χ1n) is 11.5. The molecule has 0 saturated carbocycles. The first-order chi connectivity index (χ1) is 17.0. The first-order valence-corrected chi connectivity index (χ1v) is 12.6. The van der Waals surface area contributed by atoms with Crippen molar-refractivity contribution in [3.8, 4) is 0 Å². The summed E-state index contributed by atoms with van der Waals surface area (Å²) in [5.41, 5.74) is 14.1. The zero-order chi connectivity index (χ0) is 26.6. The van der Waals surface area contributed by atoms with E-state index in [2.05, 4.69) is 23.5 Å². The number of carbonyl (C=O) groups excluding carboxylic acids is 3. The fourth-order valence-electron chi connectivity index (χ4n) is 3.82. The number of nitrogens with two attached hydrogens (primary N) is 2. The van der Waals surface area contributed by atoms with Crippen LogP contribution in [0.2, 0.25) is 5.02 Å². The number of halogens is 1. The van der Waals surface area contributed by atoms with Gasteiger partial charge in [0.05, 0.1) is 5.69 Å². The van der Waals surface area contributed by atoms with Gasteiger partial charge in [0.15, 0.2) is 5.69 Å². The quantitative estimate of drug-likeness (QED) is 0.373. The Morgan fingerprint density at radius 1 is 1.11 bits per heavy atom. The number of carbonyl (C=O) groups is 3. The number of primary amides is 1. The molecule has 0 radical (unpaired) electrons. The lowest BCUT2D eigenvalue weighted by molar-refractivity contribution is -0.122. The minimum Gasteiger partial charge on any atom is -0.395 e. The molecule has 0 aliphatic carbocycles. The molecule has 1 atom stereocenters. The molecule has 1 heterocycles. The number of anilines is 2. The third-order valence-corrected chi connectivity index (χ3v) is 6.80. The molecule has 0 fully saturated rings. The highest BCUT2D eigenvalue weighted by molar-refractivity contribution is 7.09. The average Bonchev–Trinajstić information content (AvgIpc) is 3.19.